The predicted molar refractivity (Wildman–Crippen MR) is 106 cm³/mol. The third kappa shape index (κ3) is 5.08. The van der Waals surface area contributed by atoms with Gasteiger partial charge < -0.3 is 20.1 Å². The van der Waals surface area contributed by atoms with E-state index in [-0.39, 0.29) is 17.7 Å². The summed E-state index contributed by atoms with van der Waals surface area (Å²) in [4.78, 5) is 24.6. The molecular formula is C20H21BrN2O4. The second-order valence-corrected chi connectivity index (χ2v) is 7.20. The van der Waals surface area contributed by atoms with Gasteiger partial charge in [0.1, 0.15) is 12.4 Å². The molecule has 3 rings (SSSR count). The van der Waals surface area contributed by atoms with E-state index in [1.54, 1.807) is 25.3 Å². The number of nitrogens with one attached hydrogen (secondary N) is 2. The summed E-state index contributed by atoms with van der Waals surface area (Å²) in [6.45, 7) is 1.29. The van der Waals surface area contributed by atoms with Crippen molar-refractivity contribution in [3.63, 3.8) is 0 Å². The Balaban J connectivity index is 1.65. The molecule has 0 saturated heterocycles. The largest absolute Gasteiger partial charge is 0.492 e. The number of carbonyl (C=O) groups excluding carboxylic acids is 2. The van der Waals surface area contributed by atoms with Crippen LogP contribution in [0.4, 0.5) is 5.69 Å². The van der Waals surface area contributed by atoms with Crippen molar-refractivity contribution in [2.45, 2.75) is 6.42 Å². The van der Waals surface area contributed by atoms with Gasteiger partial charge in [0.2, 0.25) is 5.91 Å². The molecule has 7 heteroatoms. The first-order valence-corrected chi connectivity index (χ1v) is 9.45. The molecule has 0 saturated carbocycles. The van der Waals surface area contributed by atoms with E-state index in [9.17, 15) is 9.59 Å². The lowest BCUT2D eigenvalue weighted by molar-refractivity contribution is -0.126. The van der Waals surface area contributed by atoms with Crippen LogP contribution in [0, 0.1) is 5.92 Å². The highest BCUT2D eigenvalue weighted by molar-refractivity contribution is 9.10. The Kier molecular flexibility index (Phi) is 6.47. The molecule has 0 aromatic heterocycles. The van der Waals surface area contributed by atoms with Crippen molar-refractivity contribution in [2.75, 3.05) is 32.2 Å². The van der Waals surface area contributed by atoms with Crippen molar-refractivity contribution >= 4 is 33.4 Å². The van der Waals surface area contributed by atoms with Gasteiger partial charge in [0.05, 0.1) is 12.5 Å². The molecule has 1 aliphatic rings. The van der Waals surface area contributed by atoms with Gasteiger partial charge in [-0.3, -0.25) is 9.59 Å². The van der Waals surface area contributed by atoms with Gasteiger partial charge in [0.15, 0.2) is 0 Å². The second-order valence-electron chi connectivity index (χ2n) is 6.28. The van der Waals surface area contributed by atoms with Crippen LogP contribution >= 0.6 is 15.9 Å². The van der Waals surface area contributed by atoms with E-state index in [0.717, 1.165) is 15.8 Å². The van der Waals surface area contributed by atoms with E-state index in [0.29, 0.717) is 37.4 Å². The zero-order valence-corrected chi connectivity index (χ0v) is 16.5. The lowest BCUT2D eigenvalue weighted by Gasteiger charge is -2.25. The third-order valence-electron chi connectivity index (χ3n) is 4.31. The average Bonchev–Trinajstić information content (AvgIpc) is 2.68. The van der Waals surface area contributed by atoms with E-state index in [1.807, 2.05) is 24.3 Å². The predicted octanol–water partition coefficient (Wildman–Crippen LogP) is 3.02. The van der Waals surface area contributed by atoms with Crippen LogP contribution in [0.3, 0.4) is 0 Å². The van der Waals surface area contributed by atoms with Gasteiger partial charge in [-0.05, 0) is 54.4 Å². The Morgan fingerprint density at radius 2 is 2.00 bits per heavy atom. The molecule has 0 radical (unpaired) electrons. The minimum Gasteiger partial charge on any atom is -0.492 e. The zero-order valence-electron chi connectivity index (χ0n) is 15.0. The van der Waals surface area contributed by atoms with E-state index >= 15 is 0 Å². The number of carbonyl (C=O) groups is 2. The minimum atomic E-state index is -0.258. The standard InChI is InChI=1S/C20H21BrN2O4/c1-26-9-8-22-19(24)15-10-14-11-17(6-7-18(14)27-12-15)23-20(25)13-2-4-16(21)5-3-13/h2-7,11,15H,8-10,12H2,1H3,(H,22,24)(H,23,25)/t15-/m1/s1. The normalized spacial score (nSPS) is 15.4. The zero-order chi connectivity index (χ0) is 19.2. The number of fused-ring (bicyclic) bond motifs is 1. The fraction of sp³-hybridized carbons (Fsp3) is 0.300. The summed E-state index contributed by atoms with van der Waals surface area (Å²) in [6, 6.07) is 12.6. The molecular weight excluding hydrogens is 412 g/mol. The molecule has 27 heavy (non-hydrogen) atoms. The van der Waals surface area contributed by atoms with Gasteiger partial charge >= 0.3 is 0 Å². The molecule has 2 amide bonds. The van der Waals surface area contributed by atoms with Crippen molar-refractivity contribution in [2.24, 2.45) is 5.92 Å². The molecule has 2 N–H and O–H groups in total. The van der Waals surface area contributed by atoms with Crippen LogP contribution in [-0.2, 0) is 16.0 Å². The van der Waals surface area contributed by atoms with Crippen LogP contribution in [0.1, 0.15) is 15.9 Å². The number of benzene rings is 2. The van der Waals surface area contributed by atoms with E-state index in [4.69, 9.17) is 9.47 Å². The topological polar surface area (TPSA) is 76.7 Å². The molecule has 1 aliphatic heterocycles. The summed E-state index contributed by atoms with van der Waals surface area (Å²) in [5, 5.41) is 5.73. The number of amides is 2. The third-order valence-corrected chi connectivity index (χ3v) is 4.84. The minimum absolute atomic E-state index is 0.0537. The average molecular weight is 433 g/mol. The highest BCUT2D eigenvalue weighted by Gasteiger charge is 2.26. The Labute approximate surface area is 166 Å². The first kappa shape index (κ1) is 19.4. The summed E-state index contributed by atoms with van der Waals surface area (Å²) < 4.78 is 11.6. The van der Waals surface area contributed by atoms with Gasteiger partial charge in [0.25, 0.3) is 5.91 Å². The molecule has 0 spiro atoms. The molecule has 2 aromatic rings. The molecule has 0 unspecified atom stereocenters. The summed E-state index contributed by atoms with van der Waals surface area (Å²) >= 11 is 3.35. The summed E-state index contributed by atoms with van der Waals surface area (Å²) in [7, 11) is 1.59. The summed E-state index contributed by atoms with van der Waals surface area (Å²) in [6.07, 6.45) is 0.566. The van der Waals surface area contributed by atoms with Crippen LogP contribution in [0.2, 0.25) is 0 Å². The maximum absolute atomic E-state index is 12.4. The number of ether oxygens (including phenoxy) is 2. The maximum Gasteiger partial charge on any atom is 0.255 e. The number of rotatable bonds is 6. The Morgan fingerprint density at radius 3 is 2.74 bits per heavy atom. The SMILES string of the molecule is COCCNC(=O)[C@H]1COc2ccc(NC(=O)c3ccc(Br)cc3)cc2C1. The Bertz CT molecular complexity index is 823. The van der Waals surface area contributed by atoms with Crippen LogP contribution < -0.4 is 15.4 Å². The van der Waals surface area contributed by atoms with Crippen molar-refractivity contribution in [1.29, 1.82) is 0 Å². The smallest absolute Gasteiger partial charge is 0.255 e. The lowest BCUT2D eigenvalue weighted by Crippen LogP contribution is -2.38. The molecule has 1 atom stereocenters. The summed E-state index contributed by atoms with van der Waals surface area (Å²) in [5.41, 5.74) is 2.15. The highest BCUT2D eigenvalue weighted by atomic mass is 79.9. The maximum atomic E-state index is 12.4. The number of anilines is 1. The van der Waals surface area contributed by atoms with Crippen LogP contribution in [0.25, 0.3) is 0 Å². The van der Waals surface area contributed by atoms with Gasteiger partial charge in [0, 0.05) is 29.4 Å². The number of halogens is 1. The van der Waals surface area contributed by atoms with Crippen LogP contribution in [0.15, 0.2) is 46.9 Å². The van der Waals surface area contributed by atoms with E-state index < -0.39 is 0 Å². The van der Waals surface area contributed by atoms with Crippen molar-refractivity contribution in [1.82, 2.24) is 5.32 Å². The monoisotopic (exact) mass is 432 g/mol. The number of hydrogen-bond donors (Lipinski definition) is 2. The van der Waals surface area contributed by atoms with Crippen LogP contribution in [-0.4, -0.2) is 38.7 Å². The fourth-order valence-electron chi connectivity index (χ4n) is 2.87. The van der Waals surface area contributed by atoms with Crippen LogP contribution in [0.5, 0.6) is 5.75 Å². The molecule has 0 aliphatic carbocycles. The number of methoxy groups -OCH3 is 1. The second kappa shape index (κ2) is 9.01. The quantitative estimate of drug-likeness (QED) is 0.687. The van der Waals surface area contributed by atoms with E-state index in [1.165, 1.54) is 0 Å². The Morgan fingerprint density at radius 1 is 1.22 bits per heavy atom. The molecule has 0 bridgehead atoms. The summed E-state index contributed by atoms with van der Waals surface area (Å²) in [5.74, 6) is 0.249. The molecule has 1 heterocycles. The van der Waals surface area contributed by atoms with Crippen molar-refractivity contribution in [3.8, 4) is 5.75 Å². The van der Waals surface area contributed by atoms with Crippen molar-refractivity contribution in [3.05, 3.63) is 58.1 Å². The molecule has 0 fully saturated rings. The molecule has 6 nitrogen and oxygen atoms in total. The first-order chi connectivity index (χ1) is 13.1. The van der Waals surface area contributed by atoms with Gasteiger partial charge in [-0.1, -0.05) is 15.9 Å². The fourth-order valence-corrected chi connectivity index (χ4v) is 3.13. The highest BCUT2D eigenvalue weighted by Crippen LogP contribution is 2.30. The van der Waals surface area contributed by atoms with Gasteiger partial charge in [-0.2, -0.15) is 0 Å². The lowest BCUT2D eigenvalue weighted by atomic mass is 9.95. The van der Waals surface area contributed by atoms with Gasteiger partial charge in [-0.25, -0.2) is 0 Å². The van der Waals surface area contributed by atoms with Crippen molar-refractivity contribution < 1.29 is 19.1 Å². The molecule has 142 valence electrons. The van der Waals surface area contributed by atoms with E-state index in [2.05, 4.69) is 26.6 Å². The Hall–Kier alpha value is -2.38. The van der Waals surface area contributed by atoms with Gasteiger partial charge in [-0.15, -0.1) is 0 Å². The first-order valence-electron chi connectivity index (χ1n) is 8.66. The molecule has 2 aromatic carbocycles. The number of hydrogen-bond acceptors (Lipinski definition) is 4.